The lowest BCUT2D eigenvalue weighted by Gasteiger charge is -2.02. The van der Waals surface area contributed by atoms with E-state index in [1.807, 2.05) is 0 Å². The lowest BCUT2D eigenvalue weighted by molar-refractivity contribution is -0.144. The number of esters is 1. The van der Waals surface area contributed by atoms with Crippen molar-refractivity contribution in [1.29, 1.82) is 0 Å². The van der Waals surface area contributed by atoms with Gasteiger partial charge in [-0.3, -0.25) is 14.4 Å². The molecule has 2 amide bonds. The lowest BCUT2D eigenvalue weighted by atomic mass is 10.2. The van der Waals surface area contributed by atoms with Gasteiger partial charge in [0.1, 0.15) is 0 Å². The summed E-state index contributed by atoms with van der Waals surface area (Å²) in [5.41, 5.74) is 1.48. The first-order valence-electron chi connectivity index (χ1n) is 7.30. The number of carbonyl (C=O) groups is 3. The van der Waals surface area contributed by atoms with Gasteiger partial charge in [-0.2, -0.15) is 0 Å². The molecule has 122 valence electrons. The second-order valence-corrected chi connectivity index (χ2v) is 4.64. The number of anilines is 1. The van der Waals surface area contributed by atoms with E-state index in [2.05, 4.69) is 22.5 Å². The Kier molecular flexibility index (Phi) is 7.94. The van der Waals surface area contributed by atoms with Crippen molar-refractivity contribution in [1.82, 2.24) is 5.32 Å². The maximum atomic E-state index is 11.5. The third-order valence-corrected chi connectivity index (χ3v) is 2.67. The molecule has 0 radical (unpaired) electrons. The Labute approximate surface area is 135 Å². The van der Waals surface area contributed by atoms with Crippen LogP contribution in [0.2, 0.25) is 0 Å². The van der Waals surface area contributed by atoms with E-state index in [4.69, 9.17) is 4.74 Å². The van der Waals surface area contributed by atoms with Gasteiger partial charge in [0.15, 0.2) is 0 Å². The predicted molar refractivity (Wildman–Crippen MR) is 86.5 cm³/mol. The Morgan fingerprint density at radius 3 is 2.43 bits per heavy atom. The molecular formula is C17H20N2O4. The molecular weight excluding hydrogens is 296 g/mol. The third kappa shape index (κ3) is 8.27. The SMILES string of the molecule is CCOC(=O)CCC(=O)NCC#Cc1ccc(NC(C)=O)cc1. The van der Waals surface area contributed by atoms with Crippen molar-refractivity contribution >= 4 is 23.5 Å². The molecule has 0 aliphatic carbocycles. The average molecular weight is 316 g/mol. The van der Waals surface area contributed by atoms with Crippen molar-refractivity contribution in [3.05, 3.63) is 29.8 Å². The van der Waals surface area contributed by atoms with E-state index in [-0.39, 0.29) is 37.2 Å². The summed E-state index contributed by atoms with van der Waals surface area (Å²) < 4.78 is 4.74. The van der Waals surface area contributed by atoms with E-state index in [0.717, 1.165) is 5.56 Å². The fraction of sp³-hybridized carbons (Fsp3) is 0.353. The molecule has 0 fully saturated rings. The summed E-state index contributed by atoms with van der Waals surface area (Å²) in [5.74, 6) is 4.96. The molecule has 1 aromatic rings. The standard InChI is InChI=1S/C17H20N2O4/c1-3-23-17(22)11-10-16(21)18-12-4-5-14-6-8-15(9-7-14)19-13(2)20/h6-9H,3,10-12H2,1-2H3,(H,18,21)(H,19,20). The number of rotatable bonds is 6. The van der Waals surface area contributed by atoms with Crippen molar-refractivity contribution in [3.63, 3.8) is 0 Å². The van der Waals surface area contributed by atoms with E-state index in [9.17, 15) is 14.4 Å². The van der Waals surface area contributed by atoms with Gasteiger partial charge in [0.05, 0.1) is 19.6 Å². The zero-order valence-electron chi connectivity index (χ0n) is 13.3. The summed E-state index contributed by atoms with van der Waals surface area (Å²) in [6.45, 7) is 3.68. The van der Waals surface area contributed by atoms with E-state index >= 15 is 0 Å². The summed E-state index contributed by atoms with van der Waals surface area (Å²) in [6, 6.07) is 7.06. The molecule has 6 nitrogen and oxygen atoms in total. The molecule has 0 saturated heterocycles. The van der Waals surface area contributed by atoms with Crippen LogP contribution >= 0.6 is 0 Å². The quantitative estimate of drug-likeness (QED) is 0.614. The van der Waals surface area contributed by atoms with Gasteiger partial charge < -0.3 is 15.4 Å². The van der Waals surface area contributed by atoms with Crippen LogP contribution in [0.25, 0.3) is 0 Å². The van der Waals surface area contributed by atoms with Crippen LogP contribution < -0.4 is 10.6 Å². The van der Waals surface area contributed by atoms with E-state index in [0.29, 0.717) is 12.3 Å². The van der Waals surface area contributed by atoms with Crippen molar-refractivity contribution in [2.45, 2.75) is 26.7 Å². The maximum Gasteiger partial charge on any atom is 0.306 e. The molecule has 0 aromatic heterocycles. The zero-order valence-corrected chi connectivity index (χ0v) is 13.3. The van der Waals surface area contributed by atoms with Crippen LogP contribution in [-0.2, 0) is 19.1 Å². The van der Waals surface area contributed by atoms with Crippen molar-refractivity contribution in [3.8, 4) is 11.8 Å². The second-order valence-electron chi connectivity index (χ2n) is 4.64. The first-order chi connectivity index (χ1) is 11.0. The second kappa shape index (κ2) is 10.0. The summed E-state index contributed by atoms with van der Waals surface area (Å²) in [7, 11) is 0. The van der Waals surface area contributed by atoms with Gasteiger partial charge in [-0.15, -0.1) is 0 Å². The molecule has 1 aromatic carbocycles. The smallest absolute Gasteiger partial charge is 0.306 e. The molecule has 6 heteroatoms. The van der Waals surface area contributed by atoms with Gasteiger partial charge >= 0.3 is 5.97 Å². The molecule has 0 bridgehead atoms. The number of benzene rings is 1. The van der Waals surface area contributed by atoms with Crippen LogP contribution in [-0.4, -0.2) is 30.9 Å². The van der Waals surface area contributed by atoms with Crippen molar-refractivity contribution in [2.24, 2.45) is 0 Å². The number of hydrogen-bond acceptors (Lipinski definition) is 4. The number of amides is 2. The number of carbonyl (C=O) groups excluding carboxylic acids is 3. The lowest BCUT2D eigenvalue weighted by Crippen LogP contribution is -2.24. The van der Waals surface area contributed by atoms with Crippen molar-refractivity contribution in [2.75, 3.05) is 18.5 Å². The van der Waals surface area contributed by atoms with Gasteiger partial charge in [-0.25, -0.2) is 0 Å². The normalized spacial score (nSPS) is 9.30. The number of nitrogens with one attached hydrogen (secondary N) is 2. The molecule has 0 aliphatic heterocycles. The first-order valence-corrected chi connectivity index (χ1v) is 7.30. The van der Waals surface area contributed by atoms with E-state index in [1.54, 1.807) is 31.2 Å². The van der Waals surface area contributed by atoms with Gasteiger partial charge in [0.25, 0.3) is 0 Å². The Morgan fingerprint density at radius 2 is 1.83 bits per heavy atom. The number of hydrogen-bond donors (Lipinski definition) is 2. The fourth-order valence-electron chi connectivity index (χ4n) is 1.67. The Morgan fingerprint density at radius 1 is 1.13 bits per heavy atom. The Bertz CT molecular complexity index is 612. The van der Waals surface area contributed by atoms with Gasteiger partial charge in [-0.1, -0.05) is 11.8 Å². The molecule has 0 aliphatic rings. The largest absolute Gasteiger partial charge is 0.466 e. The first kappa shape index (κ1) is 18.2. The minimum Gasteiger partial charge on any atom is -0.466 e. The monoisotopic (exact) mass is 316 g/mol. The van der Waals surface area contributed by atoms with Crippen LogP contribution in [0.3, 0.4) is 0 Å². The molecule has 23 heavy (non-hydrogen) atoms. The van der Waals surface area contributed by atoms with E-state index in [1.165, 1.54) is 6.92 Å². The minimum absolute atomic E-state index is 0.0672. The zero-order chi connectivity index (χ0) is 17.1. The summed E-state index contributed by atoms with van der Waals surface area (Å²) >= 11 is 0. The highest BCUT2D eigenvalue weighted by atomic mass is 16.5. The molecule has 0 spiro atoms. The molecule has 0 heterocycles. The fourth-order valence-corrected chi connectivity index (χ4v) is 1.67. The summed E-state index contributed by atoms with van der Waals surface area (Å²) in [5, 5.41) is 5.27. The topological polar surface area (TPSA) is 84.5 Å². The van der Waals surface area contributed by atoms with Crippen LogP contribution in [0.5, 0.6) is 0 Å². The molecule has 0 saturated carbocycles. The van der Waals surface area contributed by atoms with Gasteiger partial charge in [0, 0.05) is 24.6 Å². The predicted octanol–water partition coefficient (Wildman–Crippen LogP) is 1.46. The average Bonchev–Trinajstić information content (AvgIpc) is 2.51. The Hall–Kier alpha value is -2.81. The van der Waals surface area contributed by atoms with E-state index < -0.39 is 0 Å². The summed E-state index contributed by atoms with van der Waals surface area (Å²) in [4.78, 5) is 33.5. The van der Waals surface area contributed by atoms with Crippen LogP contribution in [0.15, 0.2) is 24.3 Å². The molecule has 0 atom stereocenters. The number of ether oxygens (including phenoxy) is 1. The van der Waals surface area contributed by atoms with Crippen LogP contribution in [0, 0.1) is 11.8 Å². The third-order valence-electron chi connectivity index (χ3n) is 2.67. The highest BCUT2D eigenvalue weighted by Crippen LogP contribution is 2.08. The highest BCUT2D eigenvalue weighted by Gasteiger charge is 2.06. The highest BCUT2D eigenvalue weighted by molar-refractivity contribution is 5.88. The Balaban J connectivity index is 2.33. The van der Waals surface area contributed by atoms with Crippen molar-refractivity contribution < 1.29 is 19.1 Å². The van der Waals surface area contributed by atoms with Gasteiger partial charge in [-0.05, 0) is 31.2 Å². The van der Waals surface area contributed by atoms with Crippen LogP contribution in [0.1, 0.15) is 32.3 Å². The molecule has 2 N–H and O–H groups in total. The molecule has 0 unspecified atom stereocenters. The summed E-state index contributed by atoms with van der Waals surface area (Å²) in [6.07, 6.45) is 0.156. The van der Waals surface area contributed by atoms with Crippen LogP contribution in [0.4, 0.5) is 5.69 Å². The maximum absolute atomic E-state index is 11.5. The minimum atomic E-state index is -0.381. The van der Waals surface area contributed by atoms with Gasteiger partial charge in [0.2, 0.25) is 11.8 Å². The molecule has 1 rings (SSSR count).